The molecule has 0 spiro atoms. The Balaban J connectivity index is 1.85. The summed E-state index contributed by atoms with van der Waals surface area (Å²) in [5, 5.41) is 22.4. The number of amides is 2. The molecule has 2 fully saturated rings. The minimum absolute atomic E-state index is 0.0109. The number of hydrogen-bond acceptors (Lipinski definition) is 4. The SMILES string of the molecule is O=C(O)C[C@H](NC(=O)NC1CCN2CCCC12)C(=O)O. The number of nitrogens with zero attached hydrogens (tertiary/aromatic N) is 1. The average Bonchev–Trinajstić information content (AvgIpc) is 2.92. The quantitative estimate of drug-likeness (QED) is 0.538. The summed E-state index contributed by atoms with van der Waals surface area (Å²) >= 11 is 0. The molecule has 2 unspecified atom stereocenters. The lowest BCUT2D eigenvalue weighted by Gasteiger charge is -2.22. The molecule has 20 heavy (non-hydrogen) atoms. The predicted molar refractivity (Wildman–Crippen MR) is 68.3 cm³/mol. The maximum atomic E-state index is 11.8. The standard InChI is InChI=1S/C12H19N3O5/c16-10(17)6-8(11(18)19)14-12(20)13-7-3-5-15-4-1-2-9(7)15/h7-9H,1-6H2,(H,16,17)(H,18,19)(H2,13,14,20)/t7?,8-,9?/m0/s1. The molecule has 0 saturated carbocycles. The normalized spacial score (nSPS) is 26.8. The summed E-state index contributed by atoms with van der Waals surface area (Å²) in [5.74, 6) is -2.61. The van der Waals surface area contributed by atoms with Gasteiger partial charge in [-0.3, -0.25) is 9.69 Å². The number of carbonyl (C=O) groups is 3. The van der Waals surface area contributed by atoms with E-state index in [1.807, 2.05) is 0 Å². The Morgan fingerprint density at radius 1 is 1.20 bits per heavy atom. The summed E-state index contributed by atoms with van der Waals surface area (Å²) in [6.45, 7) is 1.98. The van der Waals surface area contributed by atoms with Gasteiger partial charge in [-0.2, -0.15) is 0 Å². The van der Waals surface area contributed by atoms with Gasteiger partial charge in [0.05, 0.1) is 6.42 Å². The molecular formula is C12H19N3O5. The molecule has 0 aromatic carbocycles. The van der Waals surface area contributed by atoms with Gasteiger partial charge >= 0.3 is 18.0 Å². The molecule has 0 bridgehead atoms. The van der Waals surface area contributed by atoms with E-state index in [-0.39, 0.29) is 6.04 Å². The largest absolute Gasteiger partial charge is 0.481 e. The van der Waals surface area contributed by atoms with Crippen LogP contribution in [0.25, 0.3) is 0 Å². The first-order valence-corrected chi connectivity index (χ1v) is 6.73. The van der Waals surface area contributed by atoms with E-state index >= 15 is 0 Å². The van der Waals surface area contributed by atoms with Crippen molar-refractivity contribution in [2.75, 3.05) is 13.1 Å². The molecule has 3 atom stereocenters. The molecule has 112 valence electrons. The Kier molecular flexibility index (Phi) is 4.43. The molecule has 2 rings (SSSR count). The van der Waals surface area contributed by atoms with Crippen LogP contribution in [0, 0.1) is 0 Å². The Morgan fingerprint density at radius 2 is 1.95 bits per heavy atom. The van der Waals surface area contributed by atoms with Crippen molar-refractivity contribution < 1.29 is 24.6 Å². The molecule has 2 saturated heterocycles. The molecule has 0 aromatic heterocycles. The van der Waals surface area contributed by atoms with Crippen LogP contribution in [0.2, 0.25) is 0 Å². The highest BCUT2D eigenvalue weighted by atomic mass is 16.4. The van der Waals surface area contributed by atoms with Crippen molar-refractivity contribution in [1.29, 1.82) is 0 Å². The Hall–Kier alpha value is -1.83. The van der Waals surface area contributed by atoms with Gasteiger partial charge in [0.1, 0.15) is 6.04 Å². The van der Waals surface area contributed by atoms with Gasteiger partial charge in [0, 0.05) is 18.6 Å². The van der Waals surface area contributed by atoms with E-state index in [0.29, 0.717) is 6.04 Å². The van der Waals surface area contributed by atoms with Crippen LogP contribution in [-0.4, -0.2) is 64.3 Å². The van der Waals surface area contributed by atoms with Crippen LogP contribution < -0.4 is 10.6 Å². The molecule has 4 N–H and O–H groups in total. The highest BCUT2D eigenvalue weighted by molar-refractivity contribution is 5.86. The van der Waals surface area contributed by atoms with E-state index in [9.17, 15) is 14.4 Å². The van der Waals surface area contributed by atoms with E-state index in [2.05, 4.69) is 15.5 Å². The number of aliphatic carboxylic acids is 2. The van der Waals surface area contributed by atoms with Crippen LogP contribution in [0.4, 0.5) is 4.79 Å². The Bertz CT molecular complexity index is 414. The van der Waals surface area contributed by atoms with Crippen molar-refractivity contribution >= 4 is 18.0 Å². The number of hydrogen-bond donors (Lipinski definition) is 4. The zero-order valence-electron chi connectivity index (χ0n) is 11.0. The maximum Gasteiger partial charge on any atom is 0.326 e. The van der Waals surface area contributed by atoms with Crippen LogP contribution in [0.1, 0.15) is 25.7 Å². The zero-order chi connectivity index (χ0) is 14.7. The van der Waals surface area contributed by atoms with Gasteiger partial charge in [0.15, 0.2) is 0 Å². The summed E-state index contributed by atoms with van der Waals surface area (Å²) in [5.41, 5.74) is 0. The van der Waals surface area contributed by atoms with Crippen LogP contribution in [-0.2, 0) is 9.59 Å². The van der Waals surface area contributed by atoms with E-state index in [4.69, 9.17) is 10.2 Å². The highest BCUT2D eigenvalue weighted by Gasteiger charge is 2.38. The second kappa shape index (κ2) is 6.08. The minimum Gasteiger partial charge on any atom is -0.481 e. The van der Waals surface area contributed by atoms with Gasteiger partial charge in [-0.25, -0.2) is 9.59 Å². The number of nitrogens with one attached hydrogen (secondary N) is 2. The number of rotatable bonds is 5. The molecule has 8 nitrogen and oxygen atoms in total. The van der Waals surface area contributed by atoms with Crippen LogP contribution in [0.5, 0.6) is 0 Å². The summed E-state index contributed by atoms with van der Waals surface area (Å²) in [6, 6.07) is -1.69. The van der Waals surface area contributed by atoms with Gasteiger partial charge < -0.3 is 20.8 Å². The van der Waals surface area contributed by atoms with Crippen molar-refractivity contribution in [3.63, 3.8) is 0 Å². The monoisotopic (exact) mass is 285 g/mol. The summed E-state index contributed by atoms with van der Waals surface area (Å²) in [6.07, 6.45) is 2.35. The number of fused-ring (bicyclic) bond motifs is 1. The molecule has 8 heteroatoms. The fourth-order valence-corrected chi connectivity index (χ4v) is 2.99. The second-order valence-electron chi connectivity index (χ2n) is 5.25. The van der Waals surface area contributed by atoms with Gasteiger partial charge in [-0.05, 0) is 25.8 Å². The van der Waals surface area contributed by atoms with Gasteiger partial charge in [-0.1, -0.05) is 0 Å². The lowest BCUT2D eigenvalue weighted by atomic mass is 10.1. The van der Waals surface area contributed by atoms with E-state index in [0.717, 1.165) is 32.4 Å². The number of carboxylic acids is 2. The molecule has 0 radical (unpaired) electrons. The van der Waals surface area contributed by atoms with Gasteiger partial charge in [0.2, 0.25) is 0 Å². The Labute approximate surface area is 116 Å². The molecule has 2 aliphatic rings. The topological polar surface area (TPSA) is 119 Å². The molecule has 2 aliphatic heterocycles. The number of carbonyl (C=O) groups excluding carboxylic acids is 1. The smallest absolute Gasteiger partial charge is 0.326 e. The Morgan fingerprint density at radius 3 is 2.60 bits per heavy atom. The number of urea groups is 1. The first-order chi connectivity index (χ1) is 9.47. The molecular weight excluding hydrogens is 266 g/mol. The summed E-state index contributed by atoms with van der Waals surface area (Å²) in [4.78, 5) is 35.5. The average molecular weight is 285 g/mol. The van der Waals surface area contributed by atoms with Crippen molar-refractivity contribution in [1.82, 2.24) is 15.5 Å². The third kappa shape index (κ3) is 3.38. The third-order valence-corrected chi connectivity index (χ3v) is 3.90. The third-order valence-electron chi connectivity index (χ3n) is 3.90. The first-order valence-electron chi connectivity index (χ1n) is 6.73. The van der Waals surface area contributed by atoms with Crippen molar-refractivity contribution in [3.05, 3.63) is 0 Å². The lowest BCUT2D eigenvalue weighted by molar-refractivity contribution is -0.145. The molecule has 2 heterocycles. The van der Waals surface area contributed by atoms with Crippen LogP contribution >= 0.6 is 0 Å². The maximum absolute atomic E-state index is 11.8. The molecule has 0 aliphatic carbocycles. The van der Waals surface area contributed by atoms with E-state index in [1.165, 1.54) is 0 Å². The predicted octanol–water partition coefficient (Wildman–Crippen LogP) is -0.550. The van der Waals surface area contributed by atoms with E-state index < -0.39 is 30.4 Å². The highest BCUT2D eigenvalue weighted by Crippen LogP contribution is 2.27. The van der Waals surface area contributed by atoms with Crippen molar-refractivity contribution in [3.8, 4) is 0 Å². The lowest BCUT2D eigenvalue weighted by Crippen LogP contribution is -2.51. The van der Waals surface area contributed by atoms with Gasteiger partial charge in [-0.15, -0.1) is 0 Å². The first kappa shape index (κ1) is 14.6. The second-order valence-corrected chi connectivity index (χ2v) is 5.25. The minimum atomic E-state index is -1.41. The van der Waals surface area contributed by atoms with Crippen LogP contribution in [0.3, 0.4) is 0 Å². The fourth-order valence-electron chi connectivity index (χ4n) is 2.99. The summed E-state index contributed by atoms with van der Waals surface area (Å²) < 4.78 is 0. The summed E-state index contributed by atoms with van der Waals surface area (Å²) in [7, 11) is 0. The fraction of sp³-hybridized carbons (Fsp3) is 0.750. The molecule has 0 aromatic rings. The van der Waals surface area contributed by atoms with Crippen molar-refractivity contribution in [2.45, 2.75) is 43.8 Å². The van der Waals surface area contributed by atoms with Gasteiger partial charge in [0.25, 0.3) is 0 Å². The molecule has 2 amide bonds. The van der Waals surface area contributed by atoms with Crippen LogP contribution in [0.15, 0.2) is 0 Å². The zero-order valence-corrected chi connectivity index (χ0v) is 11.0. The van der Waals surface area contributed by atoms with E-state index in [1.54, 1.807) is 0 Å². The number of carboxylic acid groups (broad SMARTS) is 2. The van der Waals surface area contributed by atoms with Crippen molar-refractivity contribution in [2.24, 2.45) is 0 Å².